The smallest absolute Gasteiger partial charge is 0.259 e. The Kier molecular flexibility index (Phi) is 6.82. The molecule has 4 aromatic rings. The summed E-state index contributed by atoms with van der Waals surface area (Å²) in [7, 11) is 1.66. The number of H-pyrrole nitrogens is 1. The number of carbonyl (C=O) groups excluding carboxylic acids is 1. The van der Waals surface area contributed by atoms with Gasteiger partial charge in [-0.1, -0.05) is 0 Å². The van der Waals surface area contributed by atoms with Gasteiger partial charge in [0.25, 0.3) is 11.5 Å². The number of nitrogens with zero attached hydrogens (tertiary/aromatic N) is 5. The third-order valence-electron chi connectivity index (χ3n) is 8.15. The molecule has 1 aromatic carbocycles. The van der Waals surface area contributed by atoms with Crippen LogP contribution in [0.4, 0.5) is 0 Å². The molecule has 0 aliphatic carbocycles. The van der Waals surface area contributed by atoms with E-state index in [1.165, 1.54) is 0 Å². The summed E-state index contributed by atoms with van der Waals surface area (Å²) in [5.41, 5.74) is 3.74. The highest BCUT2D eigenvalue weighted by Gasteiger charge is 2.29. The fourth-order valence-corrected chi connectivity index (χ4v) is 5.94. The van der Waals surface area contributed by atoms with E-state index < -0.39 is 0 Å². The Labute approximate surface area is 226 Å². The van der Waals surface area contributed by atoms with E-state index in [1.807, 2.05) is 40.8 Å². The first kappa shape index (κ1) is 25.5. The molecule has 1 atom stereocenters. The largest absolute Gasteiger partial charge is 0.495 e. The number of aryl methyl sites for hydroxylation is 1. The van der Waals surface area contributed by atoms with E-state index in [1.54, 1.807) is 19.5 Å². The second-order valence-electron chi connectivity index (χ2n) is 10.6. The van der Waals surface area contributed by atoms with E-state index in [9.17, 15) is 9.59 Å². The van der Waals surface area contributed by atoms with E-state index in [2.05, 4.69) is 26.9 Å². The first-order valence-electron chi connectivity index (χ1n) is 13.6. The van der Waals surface area contributed by atoms with E-state index in [-0.39, 0.29) is 23.6 Å². The summed E-state index contributed by atoms with van der Waals surface area (Å²) in [6.45, 7) is 8.07. The number of hydrogen-bond donors (Lipinski definition) is 1. The van der Waals surface area contributed by atoms with Crippen LogP contribution in [0.1, 0.15) is 47.4 Å². The number of aromatic nitrogens is 4. The van der Waals surface area contributed by atoms with Gasteiger partial charge < -0.3 is 19.4 Å². The van der Waals surface area contributed by atoms with Gasteiger partial charge >= 0.3 is 0 Å². The van der Waals surface area contributed by atoms with Gasteiger partial charge in [0, 0.05) is 62.6 Å². The van der Waals surface area contributed by atoms with Gasteiger partial charge in [-0.3, -0.25) is 24.2 Å². The maximum Gasteiger partial charge on any atom is 0.259 e. The van der Waals surface area contributed by atoms with Crippen LogP contribution >= 0.6 is 0 Å². The molecule has 2 aliphatic rings. The summed E-state index contributed by atoms with van der Waals surface area (Å²) in [5, 5.41) is 6.00. The number of fused-ring (bicyclic) bond motifs is 3. The molecule has 0 spiro atoms. The average Bonchev–Trinajstić information content (AvgIpc) is 3.40. The minimum Gasteiger partial charge on any atom is -0.495 e. The third kappa shape index (κ3) is 4.68. The van der Waals surface area contributed by atoms with Crippen molar-refractivity contribution < 1.29 is 14.3 Å². The summed E-state index contributed by atoms with van der Waals surface area (Å²) in [5.74, 6) is 0.784. The van der Waals surface area contributed by atoms with Crippen LogP contribution in [0.15, 0.2) is 41.5 Å². The minimum absolute atomic E-state index is 0.00722. The molecule has 1 N–H and O–H groups in total. The molecule has 6 rings (SSSR count). The Hall–Kier alpha value is -3.76. The highest BCUT2D eigenvalue weighted by molar-refractivity contribution is 6.07. The Morgan fingerprint density at radius 2 is 2.03 bits per heavy atom. The molecule has 1 amide bonds. The number of carbonyl (C=O) groups is 1. The highest BCUT2D eigenvalue weighted by atomic mass is 16.5. The zero-order valence-electron chi connectivity index (χ0n) is 22.6. The Morgan fingerprint density at radius 3 is 2.79 bits per heavy atom. The van der Waals surface area contributed by atoms with Crippen molar-refractivity contribution in [3.8, 4) is 5.75 Å². The standard InChI is InChI=1S/C29H34N6O4/c1-18-13-24-22(27-23(28(36)32-24)15-31-35(27)20-6-11-39-12-7-20)14-21(18)29(37)34-10-9-33(19(2)16-34)17-25-26(38-3)5-4-8-30-25/h4-5,8,13-15,19-20H,6-7,9-12,16-17H2,1-3H3,(H,32,36)/t19-/m0/s1. The van der Waals surface area contributed by atoms with Gasteiger partial charge in [0.15, 0.2) is 0 Å². The summed E-state index contributed by atoms with van der Waals surface area (Å²) in [4.78, 5) is 38.5. The van der Waals surface area contributed by atoms with Crippen molar-refractivity contribution >= 4 is 27.7 Å². The predicted octanol–water partition coefficient (Wildman–Crippen LogP) is 3.29. The number of methoxy groups -OCH3 is 1. The quantitative estimate of drug-likeness (QED) is 0.422. The fourth-order valence-electron chi connectivity index (χ4n) is 5.94. The summed E-state index contributed by atoms with van der Waals surface area (Å²) in [6, 6.07) is 7.97. The Morgan fingerprint density at radius 1 is 1.21 bits per heavy atom. The monoisotopic (exact) mass is 530 g/mol. The summed E-state index contributed by atoms with van der Waals surface area (Å²) in [6.07, 6.45) is 5.11. The van der Waals surface area contributed by atoms with Crippen LogP contribution in [-0.4, -0.2) is 81.5 Å². The number of nitrogens with one attached hydrogen (secondary N) is 1. The van der Waals surface area contributed by atoms with Crippen molar-refractivity contribution in [3.63, 3.8) is 0 Å². The molecule has 10 nitrogen and oxygen atoms in total. The number of rotatable bonds is 5. The molecule has 2 fully saturated rings. The number of aromatic amines is 1. The van der Waals surface area contributed by atoms with Gasteiger partial charge in [-0.25, -0.2) is 0 Å². The number of piperazine rings is 1. The van der Waals surface area contributed by atoms with E-state index in [4.69, 9.17) is 9.47 Å². The van der Waals surface area contributed by atoms with E-state index >= 15 is 0 Å². The SMILES string of the molecule is COc1cccnc1CN1CCN(C(=O)c2cc3c(cc2C)[nH]c(=O)c2cnn(C4CCOCC4)c23)C[C@@H]1C. The van der Waals surface area contributed by atoms with Gasteiger partial charge in [-0.15, -0.1) is 0 Å². The molecular weight excluding hydrogens is 496 g/mol. The number of ether oxygens (including phenoxy) is 2. The normalized spacial score (nSPS) is 19.2. The lowest BCUT2D eigenvalue weighted by molar-refractivity contribution is 0.0489. The lowest BCUT2D eigenvalue weighted by Crippen LogP contribution is -2.53. The molecular formula is C29H34N6O4. The molecule has 0 radical (unpaired) electrons. The predicted molar refractivity (Wildman–Crippen MR) is 148 cm³/mol. The minimum atomic E-state index is -0.163. The molecule has 0 bridgehead atoms. The van der Waals surface area contributed by atoms with Gasteiger partial charge in [0.2, 0.25) is 0 Å². The first-order valence-corrected chi connectivity index (χ1v) is 13.6. The van der Waals surface area contributed by atoms with Gasteiger partial charge in [0.05, 0.1) is 41.5 Å². The molecule has 0 saturated carbocycles. The second kappa shape index (κ2) is 10.4. The summed E-state index contributed by atoms with van der Waals surface area (Å²) < 4.78 is 13.0. The molecule has 2 aliphatic heterocycles. The van der Waals surface area contributed by atoms with Crippen molar-refractivity contribution in [1.29, 1.82) is 0 Å². The van der Waals surface area contributed by atoms with Crippen LogP contribution < -0.4 is 10.3 Å². The molecule has 10 heteroatoms. The number of benzene rings is 1. The van der Waals surface area contributed by atoms with Crippen LogP contribution in [0.3, 0.4) is 0 Å². The topological polar surface area (TPSA) is 106 Å². The summed E-state index contributed by atoms with van der Waals surface area (Å²) >= 11 is 0. The third-order valence-corrected chi connectivity index (χ3v) is 8.15. The Bertz CT molecular complexity index is 1590. The average molecular weight is 531 g/mol. The molecule has 0 unspecified atom stereocenters. The van der Waals surface area contributed by atoms with Crippen molar-refractivity contribution in [2.45, 2.75) is 45.3 Å². The number of pyridine rings is 2. The van der Waals surface area contributed by atoms with E-state index in [0.717, 1.165) is 52.8 Å². The molecule has 39 heavy (non-hydrogen) atoms. The van der Waals surface area contributed by atoms with Crippen LogP contribution in [0, 0.1) is 6.92 Å². The lowest BCUT2D eigenvalue weighted by Gasteiger charge is -2.40. The van der Waals surface area contributed by atoms with Crippen molar-refractivity contribution in [2.24, 2.45) is 0 Å². The zero-order valence-corrected chi connectivity index (χ0v) is 22.6. The fraction of sp³-hybridized carbons (Fsp3) is 0.448. The van der Waals surface area contributed by atoms with Crippen LogP contribution in [0.5, 0.6) is 5.75 Å². The van der Waals surface area contributed by atoms with Crippen molar-refractivity contribution in [2.75, 3.05) is 40.0 Å². The highest BCUT2D eigenvalue weighted by Crippen LogP contribution is 2.30. The van der Waals surface area contributed by atoms with Gasteiger partial charge in [0.1, 0.15) is 5.75 Å². The van der Waals surface area contributed by atoms with Crippen LogP contribution in [0.2, 0.25) is 0 Å². The maximum atomic E-state index is 13.9. The molecule has 204 valence electrons. The van der Waals surface area contributed by atoms with Crippen LogP contribution in [-0.2, 0) is 11.3 Å². The van der Waals surface area contributed by atoms with E-state index in [0.29, 0.717) is 43.8 Å². The maximum absolute atomic E-state index is 13.9. The van der Waals surface area contributed by atoms with Crippen molar-refractivity contribution in [1.82, 2.24) is 29.5 Å². The van der Waals surface area contributed by atoms with Crippen LogP contribution in [0.25, 0.3) is 21.8 Å². The van der Waals surface area contributed by atoms with Gasteiger partial charge in [-0.05, 0) is 56.5 Å². The van der Waals surface area contributed by atoms with Gasteiger partial charge in [-0.2, -0.15) is 5.10 Å². The Balaban J connectivity index is 1.29. The van der Waals surface area contributed by atoms with Crippen molar-refractivity contribution in [3.05, 3.63) is 63.8 Å². The lowest BCUT2D eigenvalue weighted by atomic mass is 10.0. The first-order chi connectivity index (χ1) is 18.9. The molecule has 3 aromatic heterocycles. The molecule has 5 heterocycles. The second-order valence-corrected chi connectivity index (χ2v) is 10.6. The zero-order chi connectivity index (χ0) is 27.1. The number of amides is 1. The number of hydrogen-bond acceptors (Lipinski definition) is 7. The molecule has 2 saturated heterocycles.